The van der Waals surface area contributed by atoms with Crippen LogP contribution in [-0.2, 0) is 4.74 Å². The molecule has 1 saturated carbocycles. The number of nitrogens with one attached hydrogen (secondary N) is 1. The van der Waals surface area contributed by atoms with Crippen molar-refractivity contribution in [3.63, 3.8) is 0 Å². The summed E-state index contributed by atoms with van der Waals surface area (Å²) in [5.41, 5.74) is 0.269. The molecular formula is C13H25NO. The summed E-state index contributed by atoms with van der Waals surface area (Å²) in [7, 11) is 0. The largest absolute Gasteiger partial charge is 0.378 e. The van der Waals surface area contributed by atoms with Crippen molar-refractivity contribution in [1.82, 2.24) is 5.32 Å². The highest BCUT2D eigenvalue weighted by Gasteiger charge is 2.48. The van der Waals surface area contributed by atoms with Crippen LogP contribution in [0.15, 0.2) is 12.7 Å². The van der Waals surface area contributed by atoms with Crippen molar-refractivity contribution in [3.05, 3.63) is 12.7 Å². The molecule has 15 heavy (non-hydrogen) atoms. The Morgan fingerprint density at radius 1 is 1.60 bits per heavy atom. The lowest BCUT2D eigenvalue weighted by molar-refractivity contribution is -0.116. The summed E-state index contributed by atoms with van der Waals surface area (Å²) in [6.45, 7) is 13.4. The van der Waals surface area contributed by atoms with E-state index in [2.05, 4.69) is 39.6 Å². The molecule has 0 bridgehead atoms. The standard InChI is InChI=1S/C13H25NO/c1-6-8-10(3)14-11-9-12(15-7-2)13(11,4)5/h6,10-12,14H,1,7-9H2,2-5H3. The maximum absolute atomic E-state index is 5.70. The molecule has 2 heteroatoms. The van der Waals surface area contributed by atoms with E-state index in [-0.39, 0.29) is 5.41 Å². The fraction of sp³-hybridized carbons (Fsp3) is 0.846. The number of hydrogen-bond donors (Lipinski definition) is 1. The van der Waals surface area contributed by atoms with Crippen LogP contribution in [0.1, 0.15) is 40.5 Å². The van der Waals surface area contributed by atoms with Gasteiger partial charge in [-0.25, -0.2) is 0 Å². The van der Waals surface area contributed by atoms with E-state index in [0.717, 1.165) is 19.4 Å². The second-order valence-electron chi connectivity index (χ2n) is 5.15. The average Bonchev–Trinajstić information content (AvgIpc) is 2.17. The molecule has 3 unspecified atom stereocenters. The predicted molar refractivity (Wildman–Crippen MR) is 65.0 cm³/mol. The minimum atomic E-state index is 0.269. The lowest BCUT2D eigenvalue weighted by atomic mass is 9.64. The molecule has 1 rings (SSSR count). The third-order valence-electron chi connectivity index (χ3n) is 3.55. The molecule has 1 fully saturated rings. The smallest absolute Gasteiger partial charge is 0.0655 e. The quantitative estimate of drug-likeness (QED) is 0.682. The maximum atomic E-state index is 5.70. The summed E-state index contributed by atoms with van der Waals surface area (Å²) in [4.78, 5) is 0. The first-order valence-electron chi connectivity index (χ1n) is 6.00. The molecule has 0 radical (unpaired) electrons. The Kier molecular flexibility index (Phi) is 4.35. The van der Waals surface area contributed by atoms with Crippen molar-refractivity contribution < 1.29 is 4.74 Å². The van der Waals surface area contributed by atoms with Crippen molar-refractivity contribution in [3.8, 4) is 0 Å². The highest BCUT2D eigenvalue weighted by molar-refractivity contribution is 5.03. The van der Waals surface area contributed by atoms with Gasteiger partial charge in [0.1, 0.15) is 0 Å². The van der Waals surface area contributed by atoms with E-state index in [1.807, 2.05) is 6.08 Å². The molecule has 0 spiro atoms. The molecular weight excluding hydrogens is 186 g/mol. The third kappa shape index (κ3) is 2.82. The fourth-order valence-electron chi connectivity index (χ4n) is 2.31. The number of ether oxygens (including phenoxy) is 1. The lowest BCUT2D eigenvalue weighted by Gasteiger charge is -2.52. The van der Waals surface area contributed by atoms with Crippen molar-refractivity contribution in [2.24, 2.45) is 5.41 Å². The van der Waals surface area contributed by atoms with Gasteiger partial charge in [-0.15, -0.1) is 6.58 Å². The molecule has 1 aliphatic rings. The normalized spacial score (nSPS) is 30.7. The van der Waals surface area contributed by atoms with Gasteiger partial charge >= 0.3 is 0 Å². The van der Waals surface area contributed by atoms with Gasteiger partial charge in [-0.1, -0.05) is 19.9 Å². The van der Waals surface area contributed by atoms with E-state index >= 15 is 0 Å². The van der Waals surface area contributed by atoms with Crippen LogP contribution in [-0.4, -0.2) is 24.8 Å². The third-order valence-corrected chi connectivity index (χ3v) is 3.55. The van der Waals surface area contributed by atoms with Crippen LogP contribution >= 0.6 is 0 Å². The SMILES string of the molecule is C=CCC(C)NC1CC(OCC)C1(C)C. The van der Waals surface area contributed by atoms with Gasteiger partial charge in [-0.3, -0.25) is 0 Å². The molecule has 0 heterocycles. The van der Waals surface area contributed by atoms with Gasteiger partial charge in [0.2, 0.25) is 0 Å². The minimum Gasteiger partial charge on any atom is -0.378 e. The van der Waals surface area contributed by atoms with Crippen LogP contribution in [0, 0.1) is 5.41 Å². The number of hydrogen-bond acceptors (Lipinski definition) is 2. The Bertz CT molecular complexity index is 213. The van der Waals surface area contributed by atoms with Crippen molar-refractivity contribution >= 4 is 0 Å². The van der Waals surface area contributed by atoms with E-state index < -0.39 is 0 Å². The van der Waals surface area contributed by atoms with Crippen LogP contribution in [0.2, 0.25) is 0 Å². The Morgan fingerprint density at radius 2 is 2.27 bits per heavy atom. The molecule has 0 amide bonds. The zero-order valence-electron chi connectivity index (χ0n) is 10.5. The van der Waals surface area contributed by atoms with E-state index in [1.54, 1.807) is 0 Å². The van der Waals surface area contributed by atoms with Crippen LogP contribution in [0.5, 0.6) is 0 Å². The second kappa shape index (κ2) is 5.13. The minimum absolute atomic E-state index is 0.269. The molecule has 2 nitrogen and oxygen atoms in total. The van der Waals surface area contributed by atoms with Gasteiger partial charge in [0.15, 0.2) is 0 Å². The monoisotopic (exact) mass is 211 g/mol. The van der Waals surface area contributed by atoms with Gasteiger partial charge in [0, 0.05) is 24.1 Å². The molecule has 0 aliphatic heterocycles. The summed E-state index contributed by atoms with van der Waals surface area (Å²) in [5.74, 6) is 0. The summed E-state index contributed by atoms with van der Waals surface area (Å²) < 4.78 is 5.70. The highest BCUT2D eigenvalue weighted by Crippen LogP contribution is 2.42. The van der Waals surface area contributed by atoms with E-state index in [0.29, 0.717) is 18.2 Å². The summed E-state index contributed by atoms with van der Waals surface area (Å²) >= 11 is 0. The molecule has 1 N–H and O–H groups in total. The molecule has 3 atom stereocenters. The summed E-state index contributed by atoms with van der Waals surface area (Å²) in [5, 5.41) is 3.64. The molecule has 0 saturated heterocycles. The topological polar surface area (TPSA) is 21.3 Å². The Morgan fingerprint density at radius 3 is 2.73 bits per heavy atom. The van der Waals surface area contributed by atoms with Crippen molar-refractivity contribution in [2.75, 3.05) is 6.61 Å². The van der Waals surface area contributed by atoms with Gasteiger partial charge in [-0.05, 0) is 26.7 Å². The summed E-state index contributed by atoms with van der Waals surface area (Å²) in [6, 6.07) is 1.11. The predicted octanol–water partition coefficient (Wildman–Crippen LogP) is 2.74. The zero-order chi connectivity index (χ0) is 11.5. The van der Waals surface area contributed by atoms with Crippen LogP contribution < -0.4 is 5.32 Å². The first-order chi connectivity index (χ1) is 7.02. The number of rotatable bonds is 6. The Labute approximate surface area is 94.1 Å². The molecule has 0 aromatic rings. The molecule has 0 aromatic heterocycles. The Hall–Kier alpha value is -0.340. The molecule has 88 valence electrons. The van der Waals surface area contributed by atoms with Gasteiger partial charge in [-0.2, -0.15) is 0 Å². The molecule has 0 aromatic carbocycles. The molecule has 1 aliphatic carbocycles. The van der Waals surface area contributed by atoms with Crippen LogP contribution in [0.4, 0.5) is 0 Å². The van der Waals surface area contributed by atoms with E-state index in [4.69, 9.17) is 4.74 Å². The fourth-order valence-corrected chi connectivity index (χ4v) is 2.31. The van der Waals surface area contributed by atoms with E-state index in [9.17, 15) is 0 Å². The van der Waals surface area contributed by atoms with Gasteiger partial charge in [0.05, 0.1) is 6.10 Å². The second-order valence-corrected chi connectivity index (χ2v) is 5.15. The van der Waals surface area contributed by atoms with Crippen molar-refractivity contribution in [1.29, 1.82) is 0 Å². The van der Waals surface area contributed by atoms with Gasteiger partial charge in [0.25, 0.3) is 0 Å². The van der Waals surface area contributed by atoms with Gasteiger partial charge < -0.3 is 10.1 Å². The lowest BCUT2D eigenvalue weighted by Crippen LogP contribution is -2.62. The average molecular weight is 211 g/mol. The Balaban J connectivity index is 2.37. The zero-order valence-corrected chi connectivity index (χ0v) is 10.5. The van der Waals surface area contributed by atoms with Crippen molar-refractivity contribution in [2.45, 2.75) is 58.7 Å². The summed E-state index contributed by atoms with van der Waals surface area (Å²) in [6.07, 6.45) is 4.58. The van der Waals surface area contributed by atoms with Crippen LogP contribution in [0.25, 0.3) is 0 Å². The van der Waals surface area contributed by atoms with Crippen LogP contribution in [0.3, 0.4) is 0 Å². The highest BCUT2D eigenvalue weighted by atomic mass is 16.5. The first-order valence-corrected chi connectivity index (χ1v) is 6.00. The van der Waals surface area contributed by atoms with E-state index in [1.165, 1.54) is 0 Å². The maximum Gasteiger partial charge on any atom is 0.0655 e. The first kappa shape index (κ1) is 12.7.